The average molecular weight is 316 g/mol. The molecule has 0 rings (SSSR count). The van der Waals surface area contributed by atoms with E-state index in [-0.39, 0.29) is 12.5 Å². The lowest BCUT2D eigenvalue weighted by molar-refractivity contribution is -0.142. The van der Waals surface area contributed by atoms with E-state index in [1.807, 2.05) is 13.8 Å². The second-order valence-corrected chi connectivity index (χ2v) is 5.64. The molecule has 0 aromatic heterocycles. The van der Waals surface area contributed by atoms with Gasteiger partial charge in [0.05, 0.1) is 6.54 Å². The maximum absolute atomic E-state index is 12.2. The second-order valence-electron chi connectivity index (χ2n) is 5.64. The minimum atomic E-state index is -1.09. The predicted octanol–water partition coefficient (Wildman–Crippen LogP) is -0.826. The van der Waals surface area contributed by atoms with Crippen molar-refractivity contribution in [1.82, 2.24) is 10.6 Å². The van der Waals surface area contributed by atoms with Gasteiger partial charge in [-0.05, 0) is 38.1 Å². The second kappa shape index (κ2) is 11.0. The Morgan fingerprint density at radius 3 is 2.14 bits per heavy atom. The molecule has 7 N–H and O–H groups in total. The molecule has 2 atom stereocenters. The summed E-state index contributed by atoms with van der Waals surface area (Å²) in [6.45, 7) is 4.01. The van der Waals surface area contributed by atoms with Crippen LogP contribution >= 0.6 is 0 Å². The third-order valence-electron chi connectivity index (χ3n) is 3.11. The van der Waals surface area contributed by atoms with Gasteiger partial charge in [0.1, 0.15) is 12.1 Å². The molecule has 8 nitrogen and oxygen atoms in total. The first-order valence-electron chi connectivity index (χ1n) is 7.54. The monoisotopic (exact) mass is 316 g/mol. The highest BCUT2D eigenvalue weighted by Crippen LogP contribution is 2.07. The van der Waals surface area contributed by atoms with Crippen LogP contribution in [0.4, 0.5) is 0 Å². The number of unbranched alkanes of at least 4 members (excludes halogenated alkanes) is 1. The summed E-state index contributed by atoms with van der Waals surface area (Å²) in [7, 11) is 0. The van der Waals surface area contributed by atoms with Gasteiger partial charge in [-0.1, -0.05) is 13.8 Å². The molecule has 0 radical (unpaired) electrons. The highest BCUT2D eigenvalue weighted by molar-refractivity contribution is 5.90. The molecule has 22 heavy (non-hydrogen) atoms. The van der Waals surface area contributed by atoms with Crippen LogP contribution in [0, 0.1) is 5.92 Å². The number of carboxylic acids is 1. The molecule has 2 amide bonds. The van der Waals surface area contributed by atoms with Crippen molar-refractivity contribution in [3.63, 3.8) is 0 Å². The smallest absolute Gasteiger partial charge is 0.326 e. The number of hydrogen-bond acceptors (Lipinski definition) is 5. The lowest BCUT2D eigenvalue weighted by atomic mass is 10.0. The first kappa shape index (κ1) is 20.3. The molecule has 0 saturated carbocycles. The molecule has 8 heteroatoms. The molecule has 0 heterocycles. The van der Waals surface area contributed by atoms with Crippen molar-refractivity contribution in [3.05, 3.63) is 0 Å². The SMILES string of the molecule is CC(C)CC(NC(=O)C(CCCCN)NC(=O)CN)C(=O)O. The van der Waals surface area contributed by atoms with Crippen LogP contribution in [0.2, 0.25) is 0 Å². The largest absolute Gasteiger partial charge is 0.480 e. The van der Waals surface area contributed by atoms with Gasteiger partial charge < -0.3 is 27.2 Å². The Balaban J connectivity index is 4.75. The fraction of sp³-hybridized carbons (Fsp3) is 0.786. The van der Waals surface area contributed by atoms with Crippen molar-refractivity contribution in [2.24, 2.45) is 17.4 Å². The van der Waals surface area contributed by atoms with Crippen molar-refractivity contribution in [2.75, 3.05) is 13.1 Å². The number of nitrogens with two attached hydrogens (primary N) is 2. The summed E-state index contributed by atoms with van der Waals surface area (Å²) in [6.07, 6.45) is 2.09. The van der Waals surface area contributed by atoms with E-state index in [0.29, 0.717) is 25.8 Å². The van der Waals surface area contributed by atoms with Gasteiger partial charge in [-0.2, -0.15) is 0 Å². The normalized spacial score (nSPS) is 13.5. The van der Waals surface area contributed by atoms with E-state index < -0.39 is 29.9 Å². The van der Waals surface area contributed by atoms with E-state index in [0.717, 1.165) is 6.42 Å². The Bertz CT molecular complexity index is 374. The fourth-order valence-corrected chi connectivity index (χ4v) is 1.98. The van der Waals surface area contributed by atoms with Crippen molar-refractivity contribution in [3.8, 4) is 0 Å². The van der Waals surface area contributed by atoms with E-state index in [2.05, 4.69) is 10.6 Å². The number of nitrogens with one attached hydrogen (secondary N) is 2. The van der Waals surface area contributed by atoms with E-state index in [4.69, 9.17) is 16.6 Å². The third kappa shape index (κ3) is 8.58. The summed E-state index contributed by atoms with van der Waals surface area (Å²) >= 11 is 0. The molecule has 0 saturated heterocycles. The molecule has 0 aromatic carbocycles. The Kier molecular flexibility index (Phi) is 10.1. The van der Waals surface area contributed by atoms with Gasteiger partial charge in [0.15, 0.2) is 0 Å². The van der Waals surface area contributed by atoms with E-state index in [1.54, 1.807) is 0 Å². The van der Waals surface area contributed by atoms with Gasteiger partial charge in [-0.25, -0.2) is 4.79 Å². The van der Waals surface area contributed by atoms with Gasteiger partial charge in [0, 0.05) is 0 Å². The molecule has 0 aliphatic heterocycles. The van der Waals surface area contributed by atoms with Crippen molar-refractivity contribution in [1.29, 1.82) is 0 Å². The van der Waals surface area contributed by atoms with Crippen molar-refractivity contribution < 1.29 is 19.5 Å². The average Bonchev–Trinajstić information content (AvgIpc) is 2.44. The quantitative estimate of drug-likeness (QED) is 0.314. The lowest BCUT2D eigenvalue weighted by Crippen LogP contribution is -2.52. The molecule has 2 unspecified atom stereocenters. The zero-order valence-corrected chi connectivity index (χ0v) is 13.3. The van der Waals surface area contributed by atoms with Gasteiger partial charge in [0.2, 0.25) is 11.8 Å². The number of amides is 2. The molecular formula is C14H28N4O4. The van der Waals surface area contributed by atoms with Crippen LogP contribution in [-0.2, 0) is 14.4 Å². The topological polar surface area (TPSA) is 148 Å². The van der Waals surface area contributed by atoms with E-state index in [9.17, 15) is 14.4 Å². The maximum Gasteiger partial charge on any atom is 0.326 e. The number of carbonyl (C=O) groups is 3. The fourth-order valence-electron chi connectivity index (χ4n) is 1.98. The van der Waals surface area contributed by atoms with Crippen LogP contribution in [0.25, 0.3) is 0 Å². The van der Waals surface area contributed by atoms with Crippen LogP contribution in [0.3, 0.4) is 0 Å². The summed E-state index contributed by atoms with van der Waals surface area (Å²) in [4.78, 5) is 34.8. The molecule has 128 valence electrons. The third-order valence-corrected chi connectivity index (χ3v) is 3.11. The Morgan fingerprint density at radius 2 is 1.68 bits per heavy atom. The number of carboxylic acid groups (broad SMARTS) is 1. The number of rotatable bonds is 11. The summed E-state index contributed by atoms with van der Waals surface area (Å²) < 4.78 is 0. The molecule has 0 aromatic rings. The van der Waals surface area contributed by atoms with Crippen molar-refractivity contribution in [2.45, 2.75) is 51.6 Å². The van der Waals surface area contributed by atoms with E-state index >= 15 is 0 Å². The molecule has 0 spiro atoms. The maximum atomic E-state index is 12.2. The summed E-state index contributed by atoms with van der Waals surface area (Å²) in [5.74, 6) is -1.93. The minimum Gasteiger partial charge on any atom is -0.480 e. The first-order valence-corrected chi connectivity index (χ1v) is 7.54. The highest BCUT2D eigenvalue weighted by atomic mass is 16.4. The van der Waals surface area contributed by atoms with E-state index in [1.165, 1.54) is 0 Å². The zero-order valence-electron chi connectivity index (χ0n) is 13.3. The predicted molar refractivity (Wildman–Crippen MR) is 82.9 cm³/mol. The summed E-state index contributed by atoms with van der Waals surface area (Å²) in [5, 5.41) is 14.1. The molecule has 0 aliphatic carbocycles. The van der Waals surface area contributed by atoms with Gasteiger partial charge in [-0.3, -0.25) is 9.59 Å². The van der Waals surface area contributed by atoms with Gasteiger partial charge in [-0.15, -0.1) is 0 Å². The number of carbonyl (C=O) groups excluding carboxylic acids is 2. The summed E-state index contributed by atoms with van der Waals surface area (Å²) in [6, 6.07) is -1.77. The molecular weight excluding hydrogens is 288 g/mol. The Morgan fingerprint density at radius 1 is 1.05 bits per heavy atom. The number of aliphatic carboxylic acids is 1. The lowest BCUT2D eigenvalue weighted by Gasteiger charge is -2.22. The Hall–Kier alpha value is -1.67. The zero-order chi connectivity index (χ0) is 17.1. The van der Waals surface area contributed by atoms with Crippen LogP contribution in [-0.4, -0.2) is 48.1 Å². The Labute approximate surface area is 131 Å². The highest BCUT2D eigenvalue weighted by Gasteiger charge is 2.26. The van der Waals surface area contributed by atoms with Crippen LogP contribution in [0.1, 0.15) is 39.5 Å². The van der Waals surface area contributed by atoms with Crippen LogP contribution in [0.15, 0.2) is 0 Å². The molecule has 0 aliphatic rings. The number of hydrogen-bond donors (Lipinski definition) is 5. The van der Waals surface area contributed by atoms with Crippen LogP contribution < -0.4 is 22.1 Å². The van der Waals surface area contributed by atoms with Gasteiger partial charge in [0.25, 0.3) is 0 Å². The minimum absolute atomic E-state index is 0.121. The van der Waals surface area contributed by atoms with Crippen molar-refractivity contribution >= 4 is 17.8 Å². The first-order chi connectivity index (χ1) is 10.3. The molecule has 0 fully saturated rings. The molecule has 0 bridgehead atoms. The summed E-state index contributed by atoms with van der Waals surface area (Å²) in [5.41, 5.74) is 10.6. The van der Waals surface area contributed by atoms with Crippen LogP contribution in [0.5, 0.6) is 0 Å². The standard InChI is InChI=1S/C14H28N4O4/c1-9(2)7-11(14(21)22)18-13(20)10(5-3-4-6-15)17-12(19)8-16/h9-11H,3-8,15-16H2,1-2H3,(H,17,19)(H,18,20)(H,21,22). The van der Waals surface area contributed by atoms with Gasteiger partial charge >= 0.3 is 5.97 Å².